The smallest absolute Gasteiger partial charge is 0.397 e. The zero-order chi connectivity index (χ0) is 74.0. The van der Waals surface area contributed by atoms with Gasteiger partial charge in [0.2, 0.25) is 17.7 Å². The molecule has 1 heterocycles. The monoisotopic (exact) mass is 1460 g/mol. The molecule has 19 heteroatoms. The van der Waals surface area contributed by atoms with Gasteiger partial charge in [-0.05, 0) is 38.5 Å². The summed E-state index contributed by atoms with van der Waals surface area (Å²) in [7, 11) is -5.11. The van der Waals surface area contributed by atoms with E-state index in [0.717, 1.165) is 135 Å². The first-order valence-electron chi connectivity index (χ1n) is 42.6. The van der Waals surface area contributed by atoms with Crippen LogP contribution in [0.4, 0.5) is 0 Å². The van der Waals surface area contributed by atoms with E-state index < -0.39 is 102 Å². The highest BCUT2D eigenvalue weighted by molar-refractivity contribution is 7.80. The minimum Gasteiger partial charge on any atom is -0.480 e. The fourth-order valence-corrected chi connectivity index (χ4v) is 14.3. The molecular weight excluding hydrogens is 1300 g/mol. The predicted octanol–water partition coefficient (Wildman–Crippen LogP) is 20.3. The van der Waals surface area contributed by atoms with Gasteiger partial charge in [0.05, 0.1) is 56.8 Å². The second-order valence-electron chi connectivity index (χ2n) is 30.1. The van der Waals surface area contributed by atoms with Crippen molar-refractivity contribution < 1.29 is 70.2 Å². The Kier molecular flexibility index (Phi) is 65.1. The van der Waals surface area contributed by atoms with Crippen LogP contribution >= 0.6 is 0 Å². The summed E-state index contributed by atoms with van der Waals surface area (Å²) in [5.74, 6) is -2.83. The van der Waals surface area contributed by atoms with Crippen molar-refractivity contribution in [3.63, 3.8) is 0 Å². The Morgan fingerprint density at radius 1 is 0.426 bits per heavy atom. The van der Waals surface area contributed by atoms with Crippen molar-refractivity contribution in [2.45, 2.75) is 462 Å². The molecule has 6 N–H and O–H groups in total. The van der Waals surface area contributed by atoms with E-state index in [4.69, 9.17) is 27.9 Å². The van der Waals surface area contributed by atoms with Gasteiger partial charge in [-0.25, -0.2) is 8.98 Å². The van der Waals surface area contributed by atoms with Crippen LogP contribution in [-0.2, 0) is 57.4 Å². The van der Waals surface area contributed by atoms with Crippen LogP contribution in [0.2, 0.25) is 0 Å². The molecule has 0 aliphatic carbocycles. The van der Waals surface area contributed by atoms with Gasteiger partial charge in [0.15, 0.2) is 12.3 Å². The van der Waals surface area contributed by atoms with Crippen LogP contribution in [-0.4, -0.2) is 135 Å². The number of amides is 3. The predicted molar refractivity (Wildman–Crippen MR) is 413 cm³/mol. The summed E-state index contributed by atoms with van der Waals surface area (Å²) in [6.07, 6.45) is 56.5. The van der Waals surface area contributed by atoms with Crippen molar-refractivity contribution >= 4 is 34.1 Å². The molecule has 1 saturated heterocycles. The fourth-order valence-electron chi connectivity index (χ4n) is 13.9. The van der Waals surface area contributed by atoms with Crippen molar-refractivity contribution in [1.82, 2.24) is 16.0 Å². The van der Waals surface area contributed by atoms with E-state index in [0.29, 0.717) is 39.1 Å². The topological polar surface area (TPSA) is 255 Å². The number of hydrogen-bond acceptors (Lipinski definition) is 13. The molecule has 101 heavy (non-hydrogen) atoms. The Bertz CT molecular complexity index is 1960. The average molecular weight is 1460 g/mol. The Morgan fingerprint density at radius 2 is 0.713 bits per heavy atom. The maximum atomic E-state index is 14.9. The molecule has 0 bridgehead atoms. The zero-order valence-corrected chi connectivity index (χ0v) is 66.8. The number of ether oxygens (including phenoxy) is 5. The molecule has 0 saturated carbocycles. The molecule has 0 aromatic heterocycles. The number of carboxylic acids is 1. The van der Waals surface area contributed by atoms with Crippen molar-refractivity contribution in [1.29, 1.82) is 0 Å². The number of aliphatic hydroxyl groups excluding tert-OH is 1. The highest BCUT2D eigenvalue weighted by atomic mass is 32.3. The van der Waals surface area contributed by atoms with Crippen molar-refractivity contribution in [3.05, 3.63) is 0 Å². The number of unbranched alkanes of at least 4 members (excludes halogenated alkanes) is 45. The van der Waals surface area contributed by atoms with E-state index in [9.17, 15) is 42.4 Å². The normalized spacial score (nSPS) is 17.6. The number of nitrogens with one attached hydrogen (secondary N) is 3. The first-order chi connectivity index (χ1) is 49.1. The first-order valence-corrected chi connectivity index (χ1v) is 43.9. The average Bonchev–Trinajstić information content (AvgIpc) is 0.780. The molecule has 0 radical (unpaired) electrons. The largest absolute Gasteiger partial charge is 0.480 e. The fraction of sp³-hybridized carbons (Fsp3) is 0.951. The Balaban J connectivity index is 3.76. The van der Waals surface area contributed by atoms with Gasteiger partial charge in [-0.2, -0.15) is 8.42 Å². The maximum Gasteiger partial charge on any atom is 0.397 e. The van der Waals surface area contributed by atoms with E-state index in [2.05, 4.69) is 57.5 Å². The van der Waals surface area contributed by atoms with Gasteiger partial charge in [-0.15, -0.1) is 0 Å². The van der Waals surface area contributed by atoms with Gasteiger partial charge >= 0.3 is 16.4 Å². The van der Waals surface area contributed by atoms with Gasteiger partial charge in [0.1, 0.15) is 18.2 Å². The number of carbonyl (C=O) groups is 4. The minimum absolute atomic E-state index is 0.0330. The van der Waals surface area contributed by atoms with Crippen molar-refractivity contribution in [2.24, 2.45) is 0 Å². The quantitative estimate of drug-likeness (QED) is 0.0245. The van der Waals surface area contributed by atoms with Crippen LogP contribution in [0.25, 0.3) is 0 Å². The summed E-state index contributed by atoms with van der Waals surface area (Å²) >= 11 is 0. The molecule has 1 rings (SSSR count). The third kappa shape index (κ3) is 57.4. The van der Waals surface area contributed by atoms with Crippen LogP contribution in [0.3, 0.4) is 0 Å². The Hall–Kier alpha value is -2.49. The standard InChI is InChI=1S/C82H159N3O15S/c1-7-13-19-25-31-37-40-46-52-58-71(95-61-55-49-43-34-28-22-16-10-4)64-76(87)83-74-67-82(69-86,70-99-101(92,93)94)100-81(79(74)85-78(89)66-73(60-54-48-42-39-33-27-21-15-9-3)97-63-57-51-45-36-30-24-18-12-6)98-68-75(80(90)91)84-77(88)65-72(59-53-47-41-38-32-26-20-14-8-2)96-62-56-50-44-35-29-23-17-11-5/h71-75,79,81,86H,7-70H2,1-6H3,(H,83,87)(H,84,88)(H,85,89)(H,90,91)(H,92,93,94)/t71-,72-,73-,74?,75+,79?,81-,82?/m1/s1. The molecule has 3 amide bonds. The third-order valence-electron chi connectivity index (χ3n) is 20.4. The highest BCUT2D eigenvalue weighted by Crippen LogP contribution is 2.33. The summed E-state index contributed by atoms with van der Waals surface area (Å²) in [5, 5.41) is 30.9. The van der Waals surface area contributed by atoms with E-state index in [-0.39, 0.29) is 25.7 Å². The Labute approximate surface area is 619 Å². The number of aliphatic carboxylic acids is 1. The summed E-state index contributed by atoms with van der Waals surface area (Å²) in [4.78, 5) is 57.0. The zero-order valence-electron chi connectivity index (χ0n) is 65.9. The number of rotatable bonds is 77. The maximum absolute atomic E-state index is 14.9. The SMILES string of the molecule is CCCCCCCCCCC[C@H](CC(=O)NC1CC(CO)(COS(=O)(=O)O)O[C@@H](OC[C@H](NC(=O)C[C@@H](CCCCCCCCCCC)OCCCCCCCCCC)C(=O)O)C1NC(=O)C[C@@H](CCCCCCCCCCC)OCCCCCCCCCC)OCCCCCCCCCC. The Morgan fingerprint density at radius 3 is 1.01 bits per heavy atom. The van der Waals surface area contributed by atoms with E-state index in [1.165, 1.54) is 193 Å². The first kappa shape index (κ1) is 96.5. The van der Waals surface area contributed by atoms with Gasteiger partial charge in [-0.3, -0.25) is 18.9 Å². The van der Waals surface area contributed by atoms with Gasteiger partial charge in [-0.1, -0.05) is 350 Å². The second-order valence-corrected chi connectivity index (χ2v) is 31.2. The lowest BCUT2D eigenvalue weighted by Crippen LogP contribution is -2.68. The summed E-state index contributed by atoms with van der Waals surface area (Å²) < 4.78 is 71.9. The second kappa shape index (κ2) is 68.1. The molecular formula is C82H159N3O15S. The molecule has 0 aromatic carbocycles. The van der Waals surface area contributed by atoms with E-state index in [1.807, 2.05) is 0 Å². The number of hydrogen-bond donors (Lipinski definition) is 6. The van der Waals surface area contributed by atoms with Crippen molar-refractivity contribution in [3.8, 4) is 0 Å². The van der Waals surface area contributed by atoms with E-state index in [1.54, 1.807) is 0 Å². The molecule has 0 spiro atoms. The number of carboxylic acid groups (broad SMARTS) is 1. The van der Waals surface area contributed by atoms with E-state index >= 15 is 0 Å². The molecule has 1 aliphatic heterocycles. The molecule has 18 nitrogen and oxygen atoms in total. The molecule has 1 aliphatic rings. The summed E-state index contributed by atoms with van der Waals surface area (Å²) in [5.41, 5.74) is -1.99. The van der Waals surface area contributed by atoms with Crippen LogP contribution in [0.15, 0.2) is 0 Å². The van der Waals surface area contributed by atoms with Gasteiger partial charge in [0, 0.05) is 26.2 Å². The molecule has 8 atom stereocenters. The lowest BCUT2D eigenvalue weighted by molar-refractivity contribution is -0.270. The number of carbonyl (C=O) groups excluding carboxylic acids is 3. The van der Waals surface area contributed by atoms with Crippen LogP contribution < -0.4 is 16.0 Å². The van der Waals surface area contributed by atoms with Crippen molar-refractivity contribution in [2.75, 3.05) is 39.6 Å². The molecule has 0 aromatic rings. The summed E-state index contributed by atoms with van der Waals surface area (Å²) in [6, 6.07) is -4.04. The summed E-state index contributed by atoms with van der Waals surface area (Å²) in [6.45, 7) is 12.3. The number of aliphatic hydroxyl groups is 1. The lowest BCUT2D eigenvalue weighted by Gasteiger charge is -2.47. The van der Waals surface area contributed by atoms with Gasteiger partial charge < -0.3 is 49.8 Å². The molecule has 1 fully saturated rings. The third-order valence-corrected chi connectivity index (χ3v) is 20.8. The highest BCUT2D eigenvalue weighted by Gasteiger charge is 2.50. The van der Waals surface area contributed by atoms with Crippen LogP contribution in [0.5, 0.6) is 0 Å². The van der Waals surface area contributed by atoms with Gasteiger partial charge in [0.25, 0.3) is 0 Å². The molecule has 598 valence electrons. The molecule has 3 unspecified atom stereocenters. The van der Waals surface area contributed by atoms with Crippen LogP contribution in [0, 0.1) is 0 Å². The van der Waals surface area contributed by atoms with Crippen LogP contribution in [0.1, 0.15) is 414 Å². The minimum atomic E-state index is -5.11. The lowest BCUT2D eigenvalue weighted by atomic mass is 9.87.